The maximum Gasteiger partial charge on any atom is 0.134 e. The minimum Gasteiger partial charge on any atom is -0.374 e. The van der Waals surface area contributed by atoms with Crippen molar-refractivity contribution in [3.8, 4) is 0 Å². The Morgan fingerprint density at radius 2 is 2.28 bits per heavy atom. The van der Waals surface area contributed by atoms with Gasteiger partial charge in [0, 0.05) is 19.7 Å². The third kappa shape index (κ3) is 2.03. The molecule has 2 heterocycles. The molecule has 2 fully saturated rings. The van der Waals surface area contributed by atoms with Crippen molar-refractivity contribution in [2.45, 2.75) is 38.3 Å². The Balaban J connectivity index is 1.90. The normalized spacial score (nSPS) is 27.1. The molecule has 1 N–H and O–H groups in total. The molecule has 3 rings (SSSR count). The van der Waals surface area contributed by atoms with Crippen LogP contribution in [0.15, 0.2) is 6.07 Å². The summed E-state index contributed by atoms with van der Waals surface area (Å²) in [5.74, 6) is 2.74. The zero-order valence-electron chi connectivity index (χ0n) is 11.0. The van der Waals surface area contributed by atoms with Crippen LogP contribution in [0.5, 0.6) is 0 Å². The van der Waals surface area contributed by atoms with Crippen LogP contribution in [0.4, 0.5) is 11.6 Å². The number of aromatic nitrogens is 2. The predicted octanol–water partition coefficient (Wildman–Crippen LogP) is 1.58. The van der Waals surface area contributed by atoms with E-state index in [1.54, 1.807) is 0 Å². The fourth-order valence-electron chi connectivity index (χ4n) is 3.04. The molecule has 5 nitrogen and oxygen atoms in total. The molecule has 98 valence electrons. The van der Waals surface area contributed by atoms with Crippen LogP contribution in [0.3, 0.4) is 0 Å². The van der Waals surface area contributed by atoms with E-state index in [1.807, 2.05) is 20.0 Å². The Labute approximate surface area is 108 Å². The lowest BCUT2D eigenvalue weighted by molar-refractivity contribution is 0.0253. The van der Waals surface area contributed by atoms with E-state index in [0.29, 0.717) is 12.1 Å². The van der Waals surface area contributed by atoms with Gasteiger partial charge >= 0.3 is 0 Å². The highest BCUT2D eigenvalue weighted by atomic mass is 16.5. The van der Waals surface area contributed by atoms with E-state index >= 15 is 0 Å². The molecular weight excluding hydrogens is 228 g/mol. The van der Waals surface area contributed by atoms with Crippen molar-refractivity contribution >= 4 is 11.6 Å². The van der Waals surface area contributed by atoms with Gasteiger partial charge in [0.15, 0.2) is 0 Å². The van der Waals surface area contributed by atoms with Crippen molar-refractivity contribution in [3.05, 3.63) is 11.9 Å². The first-order valence-electron chi connectivity index (χ1n) is 6.69. The molecule has 1 aliphatic heterocycles. The SMILES string of the molecule is CNc1cc(N2CCOC3CCCC32)nc(C)n1. The van der Waals surface area contributed by atoms with Gasteiger partial charge in [-0.1, -0.05) is 0 Å². The van der Waals surface area contributed by atoms with Crippen molar-refractivity contribution in [2.75, 3.05) is 30.4 Å². The standard InChI is InChI=1S/C13H20N4O/c1-9-15-12(14-2)8-13(16-9)17-6-7-18-11-5-3-4-10(11)17/h8,10-11H,3-7H2,1-2H3,(H,14,15,16). The van der Waals surface area contributed by atoms with Gasteiger partial charge in [0.25, 0.3) is 0 Å². The molecule has 0 bridgehead atoms. The molecule has 2 unspecified atom stereocenters. The summed E-state index contributed by atoms with van der Waals surface area (Å²) in [5, 5.41) is 3.10. The summed E-state index contributed by atoms with van der Waals surface area (Å²) in [7, 11) is 1.89. The molecule has 0 amide bonds. The summed E-state index contributed by atoms with van der Waals surface area (Å²) in [5.41, 5.74) is 0. The average molecular weight is 248 g/mol. The number of fused-ring (bicyclic) bond motifs is 1. The van der Waals surface area contributed by atoms with Crippen molar-refractivity contribution in [1.29, 1.82) is 0 Å². The third-order valence-electron chi connectivity index (χ3n) is 3.86. The number of aryl methyl sites for hydroxylation is 1. The van der Waals surface area contributed by atoms with E-state index in [1.165, 1.54) is 19.3 Å². The molecule has 1 saturated heterocycles. The van der Waals surface area contributed by atoms with Crippen LogP contribution < -0.4 is 10.2 Å². The quantitative estimate of drug-likeness (QED) is 0.861. The minimum atomic E-state index is 0.395. The van der Waals surface area contributed by atoms with Gasteiger partial charge < -0.3 is 15.0 Å². The Hall–Kier alpha value is -1.36. The highest BCUT2D eigenvalue weighted by Gasteiger charge is 2.36. The van der Waals surface area contributed by atoms with Crippen LogP contribution in [0.1, 0.15) is 25.1 Å². The number of nitrogens with zero attached hydrogens (tertiary/aromatic N) is 3. The largest absolute Gasteiger partial charge is 0.374 e. The van der Waals surface area contributed by atoms with Crippen LogP contribution in [0.25, 0.3) is 0 Å². The second-order valence-corrected chi connectivity index (χ2v) is 5.01. The number of rotatable bonds is 2. The topological polar surface area (TPSA) is 50.3 Å². The average Bonchev–Trinajstić information content (AvgIpc) is 2.85. The Morgan fingerprint density at radius 3 is 3.11 bits per heavy atom. The van der Waals surface area contributed by atoms with Gasteiger partial charge in [0.05, 0.1) is 18.8 Å². The number of hydrogen-bond acceptors (Lipinski definition) is 5. The van der Waals surface area contributed by atoms with Crippen LogP contribution in [0, 0.1) is 6.92 Å². The van der Waals surface area contributed by atoms with E-state index in [0.717, 1.165) is 30.6 Å². The third-order valence-corrected chi connectivity index (χ3v) is 3.86. The number of hydrogen-bond donors (Lipinski definition) is 1. The predicted molar refractivity (Wildman–Crippen MR) is 71.0 cm³/mol. The van der Waals surface area contributed by atoms with E-state index < -0.39 is 0 Å². The van der Waals surface area contributed by atoms with Crippen molar-refractivity contribution in [1.82, 2.24) is 9.97 Å². The van der Waals surface area contributed by atoms with E-state index in [-0.39, 0.29) is 0 Å². The lowest BCUT2D eigenvalue weighted by Gasteiger charge is -2.38. The van der Waals surface area contributed by atoms with Crippen molar-refractivity contribution < 1.29 is 4.74 Å². The fraction of sp³-hybridized carbons (Fsp3) is 0.692. The van der Waals surface area contributed by atoms with Gasteiger partial charge in [0.1, 0.15) is 17.5 Å². The van der Waals surface area contributed by atoms with Crippen LogP contribution in [0.2, 0.25) is 0 Å². The molecule has 1 aliphatic carbocycles. The summed E-state index contributed by atoms with van der Waals surface area (Å²) in [4.78, 5) is 11.3. The molecule has 2 aliphatic rings. The number of ether oxygens (including phenoxy) is 1. The van der Waals surface area contributed by atoms with Gasteiger partial charge in [-0.15, -0.1) is 0 Å². The van der Waals surface area contributed by atoms with Crippen LogP contribution >= 0.6 is 0 Å². The first kappa shape index (κ1) is 11.7. The highest BCUT2D eigenvalue weighted by Crippen LogP contribution is 2.32. The number of morpholine rings is 1. The molecule has 0 aromatic carbocycles. The van der Waals surface area contributed by atoms with Gasteiger partial charge in [-0.2, -0.15) is 0 Å². The fourth-order valence-corrected chi connectivity index (χ4v) is 3.04. The maximum absolute atomic E-state index is 5.84. The second kappa shape index (κ2) is 4.72. The first-order valence-corrected chi connectivity index (χ1v) is 6.69. The van der Waals surface area contributed by atoms with E-state index in [2.05, 4.69) is 20.2 Å². The molecule has 1 aromatic heterocycles. The zero-order chi connectivity index (χ0) is 12.5. The summed E-state index contributed by atoms with van der Waals surface area (Å²) in [6.45, 7) is 3.68. The molecule has 0 spiro atoms. The summed E-state index contributed by atoms with van der Waals surface area (Å²) in [6.07, 6.45) is 4.05. The molecular formula is C13H20N4O. The number of anilines is 2. The van der Waals surface area contributed by atoms with Gasteiger partial charge in [-0.3, -0.25) is 0 Å². The van der Waals surface area contributed by atoms with Gasteiger partial charge in [-0.05, 0) is 26.2 Å². The minimum absolute atomic E-state index is 0.395. The smallest absolute Gasteiger partial charge is 0.134 e. The van der Waals surface area contributed by atoms with Gasteiger partial charge in [0.2, 0.25) is 0 Å². The van der Waals surface area contributed by atoms with Crippen molar-refractivity contribution in [2.24, 2.45) is 0 Å². The molecule has 1 aromatic rings. The highest BCUT2D eigenvalue weighted by molar-refractivity contribution is 5.50. The van der Waals surface area contributed by atoms with E-state index in [9.17, 15) is 0 Å². The molecule has 18 heavy (non-hydrogen) atoms. The summed E-state index contributed by atoms with van der Waals surface area (Å²) >= 11 is 0. The molecule has 0 radical (unpaired) electrons. The maximum atomic E-state index is 5.84. The second-order valence-electron chi connectivity index (χ2n) is 5.01. The zero-order valence-corrected chi connectivity index (χ0v) is 11.0. The number of nitrogens with one attached hydrogen (secondary N) is 1. The summed E-state index contributed by atoms with van der Waals surface area (Å²) < 4.78 is 5.84. The van der Waals surface area contributed by atoms with Gasteiger partial charge in [-0.25, -0.2) is 9.97 Å². The molecule has 5 heteroatoms. The van der Waals surface area contributed by atoms with Crippen LogP contribution in [-0.4, -0.2) is 42.3 Å². The van der Waals surface area contributed by atoms with E-state index in [4.69, 9.17) is 4.74 Å². The van der Waals surface area contributed by atoms with Crippen molar-refractivity contribution in [3.63, 3.8) is 0 Å². The summed E-state index contributed by atoms with van der Waals surface area (Å²) in [6, 6.07) is 2.53. The lowest BCUT2D eigenvalue weighted by Crippen LogP contribution is -2.49. The molecule has 1 saturated carbocycles. The monoisotopic (exact) mass is 248 g/mol. The van der Waals surface area contributed by atoms with Crippen LogP contribution in [-0.2, 0) is 4.74 Å². The Bertz CT molecular complexity index is 437. The Kier molecular flexibility index (Phi) is 3.07. The Morgan fingerprint density at radius 1 is 1.39 bits per heavy atom. The first-order chi connectivity index (χ1) is 8.78. The lowest BCUT2D eigenvalue weighted by atomic mass is 10.1. The molecule has 2 atom stereocenters.